The summed E-state index contributed by atoms with van der Waals surface area (Å²) in [5, 5.41) is 4.67. The predicted molar refractivity (Wildman–Crippen MR) is 119 cm³/mol. The number of quaternary nitrogens is 1. The molecule has 7 heteroatoms. The highest BCUT2D eigenvalue weighted by Gasteiger charge is 2.14. The first-order chi connectivity index (χ1) is 14.3. The van der Waals surface area contributed by atoms with Gasteiger partial charge in [-0.25, -0.2) is 13.1 Å². The maximum atomic E-state index is 12.5. The first-order valence-electron chi connectivity index (χ1n) is 9.95. The molecule has 6 nitrogen and oxygen atoms in total. The maximum Gasteiger partial charge on any atom is 0.240 e. The molecular formula is C23H28N3O3S+. The van der Waals surface area contributed by atoms with Crippen LogP contribution >= 0.6 is 0 Å². The molecule has 1 amide bonds. The summed E-state index contributed by atoms with van der Waals surface area (Å²) >= 11 is 0. The second kappa shape index (κ2) is 9.84. The van der Waals surface area contributed by atoms with Crippen molar-refractivity contribution in [2.45, 2.75) is 24.4 Å². The van der Waals surface area contributed by atoms with E-state index in [1.807, 2.05) is 36.4 Å². The molecule has 3 aromatic carbocycles. The zero-order valence-electron chi connectivity index (χ0n) is 17.3. The van der Waals surface area contributed by atoms with Crippen LogP contribution in [0.1, 0.15) is 17.5 Å². The molecule has 30 heavy (non-hydrogen) atoms. The summed E-state index contributed by atoms with van der Waals surface area (Å²) < 4.78 is 27.5. The summed E-state index contributed by atoms with van der Waals surface area (Å²) in [5.41, 5.74) is 2.26. The SMILES string of the molecule is C[NH+](C)Cc1ccc(CNC(=O)CCNS(=O)(=O)c2ccc3ccccc3c2)cc1. The highest BCUT2D eigenvalue weighted by Crippen LogP contribution is 2.18. The third kappa shape index (κ3) is 6.13. The second-order valence-electron chi connectivity index (χ2n) is 7.63. The Bertz CT molecular complexity index is 1110. The minimum atomic E-state index is -3.66. The molecule has 0 heterocycles. The van der Waals surface area contributed by atoms with E-state index in [0.717, 1.165) is 22.9 Å². The minimum absolute atomic E-state index is 0.0472. The number of fused-ring (bicyclic) bond motifs is 1. The zero-order valence-corrected chi connectivity index (χ0v) is 18.1. The number of benzene rings is 3. The van der Waals surface area contributed by atoms with Crippen LogP contribution < -0.4 is 14.9 Å². The summed E-state index contributed by atoms with van der Waals surface area (Å²) in [6.45, 7) is 1.42. The molecule has 158 valence electrons. The molecule has 3 rings (SSSR count). The molecule has 0 spiro atoms. The lowest BCUT2D eigenvalue weighted by Gasteiger charge is -2.10. The van der Waals surface area contributed by atoms with Crippen LogP contribution in [0.4, 0.5) is 0 Å². The summed E-state index contributed by atoms with van der Waals surface area (Å²) in [5.74, 6) is -0.196. The molecule has 0 saturated heterocycles. The molecule has 0 aliphatic rings. The zero-order chi connectivity index (χ0) is 21.6. The van der Waals surface area contributed by atoms with Crippen LogP contribution in [-0.4, -0.2) is 35.0 Å². The van der Waals surface area contributed by atoms with Crippen LogP contribution in [0.2, 0.25) is 0 Å². The lowest BCUT2D eigenvalue weighted by Crippen LogP contribution is -3.04. The number of carbonyl (C=O) groups is 1. The Morgan fingerprint density at radius 1 is 0.900 bits per heavy atom. The molecule has 3 N–H and O–H groups in total. The Hall–Kier alpha value is -2.74. The van der Waals surface area contributed by atoms with Gasteiger partial charge in [-0.2, -0.15) is 0 Å². The van der Waals surface area contributed by atoms with Crippen molar-refractivity contribution in [1.29, 1.82) is 0 Å². The van der Waals surface area contributed by atoms with Crippen molar-refractivity contribution >= 4 is 26.7 Å². The van der Waals surface area contributed by atoms with Crippen LogP contribution in [0.3, 0.4) is 0 Å². The van der Waals surface area contributed by atoms with Gasteiger partial charge >= 0.3 is 0 Å². The lowest BCUT2D eigenvalue weighted by molar-refractivity contribution is -0.872. The van der Waals surface area contributed by atoms with Crippen molar-refractivity contribution in [3.05, 3.63) is 77.9 Å². The van der Waals surface area contributed by atoms with Gasteiger partial charge in [-0.3, -0.25) is 4.79 Å². The number of nitrogens with one attached hydrogen (secondary N) is 3. The number of hydrogen-bond donors (Lipinski definition) is 3. The van der Waals surface area contributed by atoms with E-state index >= 15 is 0 Å². The first kappa shape index (κ1) is 22.0. The Morgan fingerprint density at radius 2 is 1.57 bits per heavy atom. The van der Waals surface area contributed by atoms with E-state index < -0.39 is 10.0 Å². The topological polar surface area (TPSA) is 79.7 Å². The van der Waals surface area contributed by atoms with Gasteiger partial charge in [0, 0.05) is 25.1 Å². The monoisotopic (exact) mass is 426 g/mol. The molecule has 0 atom stereocenters. The van der Waals surface area contributed by atoms with E-state index in [2.05, 4.69) is 36.3 Å². The van der Waals surface area contributed by atoms with Gasteiger partial charge in [-0.15, -0.1) is 0 Å². The lowest BCUT2D eigenvalue weighted by atomic mass is 10.1. The van der Waals surface area contributed by atoms with E-state index in [1.165, 1.54) is 10.5 Å². The summed E-state index contributed by atoms with van der Waals surface area (Å²) in [7, 11) is 0.538. The highest BCUT2D eigenvalue weighted by atomic mass is 32.2. The van der Waals surface area contributed by atoms with Crippen LogP contribution in [0.25, 0.3) is 10.8 Å². The number of carbonyl (C=O) groups excluding carboxylic acids is 1. The second-order valence-corrected chi connectivity index (χ2v) is 9.40. The normalized spacial score (nSPS) is 11.7. The van der Waals surface area contributed by atoms with Gasteiger partial charge < -0.3 is 10.2 Å². The van der Waals surface area contributed by atoms with E-state index in [-0.39, 0.29) is 23.8 Å². The molecule has 0 saturated carbocycles. The Morgan fingerprint density at radius 3 is 2.27 bits per heavy atom. The number of amides is 1. The van der Waals surface area contributed by atoms with Gasteiger partial charge in [-0.05, 0) is 28.5 Å². The predicted octanol–water partition coefficient (Wildman–Crippen LogP) is 1.47. The molecular weight excluding hydrogens is 398 g/mol. The van der Waals surface area contributed by atoms with Crippen molar-refractivity contribution in [1.82, 2.24) is 10.0 Å². The summed E-state index contributed by atoms with van der Waals surface area (Å²) in [4.78, 5) is 13.6. The van der Waals surface area contributed by atoms with Crippen LogP contribution in [-0.2, 0) is 27.9 Å². The molecule has 0 fully saturated rings. The Balaban J connectivity index is 1.47. The maximum absolute atomic E-state index is 12.5. The highest BCUT2D eigenvalue weighted by molar-refractivity contribution is 7.89. The smallest absolute Gasteiger partial charge is 0.240 e. The first-order valence-corrected chi connectivity index (χ1v) is 11.4. The van der Waals surface area contributed by atoms with Crippen molar-refractivity contribution in [2.75, 3.05) is 20.6 Å². The Kier molecular flexibility index (Phi) is 7.20. The average molecular weight is 427 g/mol. The molecule has 3 aromatic rings. The number of sulfonamides is 1. The van der Waals surface area contributed by atoms with E-state index in [1.54, 1.807) is 18.2 Å². The largest absolute Gasteiger partial charge is 0.352 e. The Labute approximate surface area is 178 Å². The van der Waals surface area contributed by atoms with Crippen LogP contribution in [0.5, 0.6) is 0 Å². The fourth-order valence-electron chi connectivity index (χ4n) is 3.19. The molecule has 0 aromatic heterocycles. The van der Waals surface area contributed by atoms with Crippen LogP contribution in [0.15, 0.2) is 71.6 Å². The van der Waals surface area contributed by atoms with Gasteiger partial charge in [0.1, 0.15) is 6.54 Å². The average Bonchev–Trinajstić information content (AvgIpc) is 2.72. The molecule has 0 aliphatic carbocycles. The number of rotatable bonds is 9. The quantitative estimate of drug-likeness (QED) is 0.485. The van der Waals surface area contributed by atoms with Gasteiger partial charge in [0.2, 0.25) is 15.9 Å². The van der Waals surface area contributed by atoms with Gasteiger partial charge in [-0.1, -0.05) is 54.6 Å². The minimum Gasteiger partial charge on any atom is -0.352 e. The van der Waals surface area contributed by atoms with Crippen molar-refractivity contribution in [3.63, 3.8) is 0 Å². The van der Waals surface area contributed by atoms with Crippen LogP contribution in [0, 0.1) is 0 Å². The molecule has 0 bridgehead atoms. The third-order valence-electron chi connectivity index (χ3n) is 4.75. The molecule has 0 radical (unpaired) electrons. The van der Waals surface area contributed by atoms with Gasteiger partial charge in [0.25, 0.3) is 0 Å². The van der Waals surface area contributed by atoms with Crippen molar-refractivity contribution in [2.24, 2.45) is 0 Å². The summed E-state index contributed by atoms with van der Waals surface area (Å²) in [6, 6.07) is 20.7. The number of hydrogen-bond acceptors (Lipinski definition) is 3. The van der Waals surface area contributed by atoms with E-state index in [0.29, 0.717) is 6.54 Å². The fraction of sp³-hybridized carbons (Fsp3) is 0.261. The van der Waals surface area contributed by atoms with E-state index in [4.69, 9.17) is 0 Å². The standard InChI is InChI=1S/C23H27N3O3S/c1-26(2)17-19-9-7-18(8-10-19)16-24-23(27)13-14-25-30(28,29)22-12-11-20-5-3-4-6-21(20)15-22/h3-12,15,25H,13-14,16-17H2,1-2H3,(H,24,27)/p+1. The van der Waals surface area contributed by atoms with Gasteiger partial charge in [0.05, 0.1) is 19.0 Å². The molecule has 0 unspecified atom stereocenters. The molecule has 0 aliphatic heterocycles. The van der Waals surface area contributed by atoms with Crippen molar-refractivity contribution in [3.8, 4) is 0 Å². The van der Waals surface area contributed by atoms with Crippen molar-refractivity contribution < 1.29 is 18.1 Å². The third-order valence-corrected chi connectivity index (χ3v) is 6.20. The van der Waals surface area contributed by atoms with E-state index in [9.17, 15) is 13.2 Å². The summed E-state index contributed by atoms with van der Waals surface area (Å²) in [6.07, 6.45) is 0.0783. The van der Waals surface area contributed by atoms with Gasteiger partial charge in [0.15, 0.2) is 0 Å². The fourth-order valence-corrected chi connectivity index (χ4v) is 4.26.